The summed E-state index contributed by atoms with van der Waals surface area (Å²) in [6.07, 6.45) is 0.192. The van der Waals surface area contributed by atoms with E-state index in [9.17, 15) is 0 Å². The van der Waals surface area contributed by atoms with Crippen LogP contribution in [0.4, 0.5) is 0 Å². The second-order valence-electron chi connectivity index (χ2n) is 3.90. The molecule has 2 atom stereocenters. The maximum Gasteiger partial charge on any atom is 0.0894 e. The SMILES string of the molecule is CNC(c1ccccc1Br)C1CNCCO1. The average Bonchev–Trinajstić information content (AvgIpc) is 2.34. The van der Waals surface area contributed by atoms with Crippen LogP contribution in [0.1, 0.15) is 11.6 Å². The first kappa shape index (κ1) is 12.0. The number of nitrogens with one attached hydrogen (secondary N) is 2. The molecule has 88 valence electrons. The third kappa shape index (κ3) is 2.63. The van der Waals surface area contributed by atoms with Crippen LogP contribution < -0.4 is 10.6 Å². The van der Waals surface area contributed by atoms with Gasteiger partial charge in [0.2, 0.25) is 0 Å². The zero-order valence-corrected chi connectivity index (χ0v) is 11.0. The van der Waals surface area contributed by atoms with Crippen LogP contribution in [0.15, 0.2) is 28.7 Å². The molecule has 4 heteroatoms. The molecule has 16 heavy (non-hydrogen) atoms. The summed E-state index contributed by atoms with van der Waals surface area (Å²) in [5.74, 6) is 0. The summed E-state index contributed by atoms with van der Waals surface area (Å²) in [5, 5.41) is 6.69. The number of hydrogen-bond acceptors (Lipinski definition) is 3. The van der Waals surface area contributed by atoms with Crippen molar-refractivity contribution in [3.05, 3.63) is 34.3 Å². The van der Waals surface area contributed by atoms with E-state index >= 15 is 0 Å². The monoisotopic (exact) mass is 284 g/mol. The van der Waals surface area contributed by atoms with E-state index in [1.54, 1.807) is 0 Å². The Morgan fingerprint density at radius 1 is 1.50 bits per heavy atom. The molecule has 1 aliphatic heterocycles. The lowest BCUT2D eigenvalue weighted by Crippen LogP contribution is -2.45. The Hall–Kier alpha value is -0.420. The largest absolute Gasteiger partial charge is 0.374 e. The lowest BCUT2D eigenvalue weighted by molar-refractivity contribution is 0.00523. The Kier molecular flexibility index (Phi) is 4.35. The molecule has 1 aromatic carbocycles. The van der Waals surface area contributed by atoms with Gasteiger partial charge in [-0.3, -0.25) is 0 Å². The van der Waals surface area contributed by atoms with Gasteiger partial charge in [0.05, 0.1) is 18.8 Å². The number of morpholine rings is 1. The molecule has 2 rings (SSSR count). The predicted molar refractivity (Wildman–Crippen MR) is 68.6 cm³/mol. The number of ether oxygens (including phenoxy) is 1. The molecule has 0 bridgehead atoms. The van der Waals surface area contributed by atoms with Crippen LogP contribution in [-0.4, -0.2) is 32.8 Å². The summed E-state index contributed by atoms with van der Waals surface area (Å²) in [6.45, 7) is 2.63. The van der Waals surface area contributed by atoms with Gasteiger partial charge >= 0.3 is 0 Å². The van der Waals surface area contributed by atoms with E-state index in [2.05, 4.69) is 44.8 Å². The van der Waals surface area contributed by atoms with Crippen molar-refractivity contribution in [3.8, 4) is 0 Å². The molecule has 2 unspecified atom stereocenters. The van der Waals surface area contributed by atoms with Gasteiger partial charge in [0.1, 0.15) is 0 Å². The van der Waals surface area contributed by atoms with Crippen molar-refractivity contribution in [2.75, 3.05) is 26.7 Å². The number of halogens is 1. The molecule has 3 nitrogen and oxygen atoms in total. The van der Waals surface area contributed by atoms with Crippen molar-refractivity contribution in [2.45, 2.75) is 12.1 Å². The second-order valence-corrected chi connectivity index (χ2v) is 4.76. The minimum atomic E-state index is 0.192. The van der Waals surface area contributed by atoms with Gasteiger partial charge in [0.15, 0.2) is 0 Å². The number of likely N-dealkylation sites (N-methyl/N-ethyl adjacent to an activating group) is 1. The van der Waals surface area contributed by atoms with Crippen molar-refractivity contribution >= 4 is 15.9 Å². The highest BCUT2D eigenvalue weighted by Crippen LogP contribution is 2.26. The van der Waals surface area contributed by atoms with Crippen LogP contribution >= 0.6 is 15.9 Å². The van der Waals surface area contributed by atoms with Crippen LogP contribution in [0, 0.1) is 0 Å². The zero-order valence-electron chi connectivity index (χ0n) is 9.37. The normalized spacial score (nSPS) is 23.0. The maximum atomic E-state index is 5.79. The van der Waals surface area contributed by atoms with E-state index < -0.39 is 0 Å². The predicted octanol–water partition coefficient (Wildman–Crippen LogP) is 1.70. The summed E-state index contributed by atoms with van der Waals surface area (Å²) in [7, 11) is 1.97. The van der Waals surface area contributed by atoms with Crippen molar-refractivity contribution in [1.29, 1.82) is 0 Å². The molecule has 1 saturated heterocycles. The molecule has 2 N–H and O–H groups in total. The molecule has 0 aromatic heterocycles. The van der Waals surface area contributed by atoms with E-state index in [0.29, 0.717) is 0 Å². The van der Waals surface area contributed by atoms with Crippen molar-refractivity contribution in [3.63, 3.8) is 0 Å². The van der Waals surface area contributed by atoms with Crippen LogP contribution in [0.5, 0.6) is 0 Å². The fraction of sp³-hybridized carbons (Fsp3) is 0.500. The van der Waals surface area contributed by atoms with Crippen molar-refractivity contribution in [1.82, 2.24) is 10.6 Å². The lowest BCUT2D eigenvalue weighted by Gasteiger charge is -2.31. The molecule has 0 amide bonds. The van der Waals surface area contributed by atoms with Crippen LogP contribution in [0.3, 0.4) is 0 Å². The number of rotatable bonds is 3. The smallest absolute Gasteiger partial charge is 0.0894 e. The third-order valence-electron chi connectivity index (χ3n) is 2.88. The van der Waals surface area contributed by atoms with Crippen LogP contribution in [0.2, 0.25) is 0 Å². The van der Waals surface area contributed by atoms with Gasteiger partial charge in [-0.25, -0.2) is 0 Å². The standard InChI is InChI=1S/C12H17BrN2O/c1-14-12(11-8-15-6-7-16-11)9-4-2-3-5-10(9)13/h2-5,11-12,14-15H,6-8H2,1H3. The molecule has 0 spiro atoms. The summed E-state index contributed by atoms with van der Waals surface area (Å²) in [6, 6.07) is 8.50. The minimum Gasteiger partial charge on any atom is -0.374 e. The van der Waals surface area contributed by atoms with Crippen LogP contribution in [-0.2, 0) is 4.74 Å². The lowest BCUT2D eigenvalue weighted by atomic mass is 10.0. The highest BCUT2D eigenvalue weighted by atomic mass is 79.9. The number of benzene rings is 1. The summed E-state index contributed by atoms with van der Waals surface area (Å²) >= 11 is 3.59. The third-order valence-corrected chi connectivity index (χ3v) is 3.60. The highest BCUT2D eigenvalue weighted by molar-refractivity contribution is 9.10. The molecule has 0 radical (unpaired) electrons. The van der Waals surface area contributed by atoms with Gasteiger partial charge in [-0.15, -0.1) is 0 Å². The Morgan fingerprint density at radius 2 is 2.31 bits per heavy atom. The van der Waals surface area contributed by atoms with Gasteiger partial charge in [0.25, 0.3) is 0 Å². The van der Waals surface area contributed by atoms with Gasteiger partial charge < -0.3 is 15.4 Å². The van der Waals surface area contributed by atoms with Crippen molar-refractivity contribution < 1.29 is 4.74 Å². The van der Waals surface area contributed by atoms with Gasteiger partial charge in [0, 0.05) is 17.6 Å². The van der Waals surface area contributed by atoms with E-state index in [4.69, 9.17) is 4.74 Å². The first-order chi connectivity index (χ1) is 7.83. The summed E-state index contributed by atoms with van der Waals surface area (Å²) < 4.78 is 6.92. The molecule has 1 aliphatic rings. The minimum absolute atomic E-state index is 0.192. The Morgan fingerprint density at radius 3 is 2.94 bits per heavy atom. The topological polar surface area (TPSA) is 33.3 Å². The van der Waals surface area contributed by atoms with Gasteiger partial charge in [-0.1, -0.05) is 34.1 Å². The van der Waals surface area contributed by atoms with Crippen molar-refractivity contribution in [2.24, 2.45) is 0 Å². The van der Waals surface area contributed by atoms with E-state index in [1.165, 1.54) is 5.56 Å². The first-order valence-electron chi connectivity index (χ1n) is 5.57. The highest BCUT2D eigenvalue weighted by Gasteiger charge is 2.25. The average molecular weight is 285 g/mol. The molecular weight excluding hydrogens is 268 g/mol. The first-order valence-corrected chi connectivity index (χ1v) is 6.36. The fourth-order valence-electron chi connectivity index (χ4n) is 2.07. The quantitative estimate of drug-likeness (QED) is 0.887. The van der Waals surface area contributed by atoms with E-state index in [-0.39, 0.29) is 12.1 Å². The van der Waals surface area contributed by atoms with Crippen LogP contribution in [0.25, 0.3) is 0 Å². The molecule has 0 saturated carbocycles. The molecular formula is C12H17BrN2O. The molecule has 1 heterocycles. The summed E-state index contributed by atoms with van der Waals surface area (Å²) in [4.78, 5) is 0. The Labute approximate surface area is 105 Å². The second kappa shape index (κ2) is 5.77. The fourth-order valence-corrected chi connectivity index (χ4v) is 2.60. The Balaban J connectivity index is 2.18. The zero-order chi connectivity index (χ0) is 11.4. The summed E-state index contributed by atoms with van der Waals surface area (Å²) in [5.41, 5.74) is 1.25. The molecule has 0 aliphatic carbocycles. The van der Waals surface area contributed by atoms with E-state index in [0.717, 1.165) is 24.2 Å². The number of hydrogen-bond donors (Lipinski definition) is 2. The van der Waals surface area contributed by atoms with E-state index in [1.807, 2.05) is 13.1 Å². The Bertz CT molecular complexity index is 340. The maximum absolute atomic E-state index is 5.79. The van der Waals surface area contributed by atoms with Gasteiger partial charge in [-0.2, -0.15) is 0 Å². The molecule has 1 fully saturated rings. The molecule has 1 aromatic rings. The van der Waals surface area contributed by atoms with Gasteiger partial charge in [-0.05, 0) is 18.7 Å².